The fraction of sp³-hybridized carbons (Fsp3) is 0.538. The van der Waals surface area contributed by atoms with Crippen LogP contribution < -0.4 is 10.5 Å². The molecule has 0 radical (unpaired) electrons. The lowest BCUT2D eigenvalue weighted by Crippen LogP contribution is -2.44. The smallest absolute Gasteiger partial charge is 0.124 e. The molecule has 0 aliphatic heterocycles. The minimum Gasteiger partial charge on any atom is -0.496 e. The molecule has 0 amide bonds. The van der Waals surface area contributed by atoms with E-state index in [1.54, 1.807) is 7.11 Å². The molecule has 0 bridgehead atoms. The highest BCUT2D eigenvalue weighted by molar-refractivity contribution is 5.49. The largest absolute Gasteiger partial charge is 0.496 e. The molecule has 1 aliphatic carbocycles. The summed E-state index contributed by atoms with van der Waals surface area (Å²) >= 11 is 0. The lowest BCUT2D eigenvalue weighted by atomic mass is 9.70. The zero-order valence-electron chi connectivity index (χ0n) is 9.76. The molecule has 0 spiro atoms. The van der Waals surface area contributed by atoms with Crippen molar-refractivity contribution in [3.05, 3.63) is 28.8 Å². The molecular weight excluding hydrogens is 186 g/mol. The minimum atomic E-state index is -0.137. The molecule has 0 aromatic heterocycles. The van der Waals surface area contributed by atoms with Gasteiger partial charge in [-0.3, -0.25) is 0 Å². The van der Waals surface area contributed by atoms with Gasteiger partial charge in [-0.2, -0.15) is 0 Å². The fourth-order valence-electron chi connectivity index (χ4n) is 2.39. The van der Waals surface area contributed by atoms with Crippen LogP contribution in [0.2, 0.25) is 0 Å². The van der Waals surface area contributed by atoms with Gasteiger partial charge in [0.2, 0.25) is 0 Å². The Morgan fingerprint density at radius 3 is 2.40 bits per heavy atom. The molecule has 1 fully saturated rings. The number of nitrogens with two attached hydrogens (primary N) is 1. The molecule has 1 aromatic carbocycles. The third kappa shape index (κ3) is 1.53. The topological polar surface area (TPSA) is 35.2 Å². The van der Waals surface area contributed by atoms with E-state index in [9.17, 15) is 0 Å². The highest BCUT2D eigenvalue weighted by atomic mass is 16.5. The number of hydrogen-bond acceptors (Lipinski definition) is 2. The minimum absolute atomic E-state index is 0.137. The molecule has 0 saturated heterocycles. The zero-order valence-corrected chi connectivity index (χ0v) is 9.76. The van der Waals surface area contributed by atoms with Gasteiger partial charge in [-0.05, 0) is 50.3 Å². The van der Waals surface area contributed by atoms with Crippen LogP contribution in [-0.2, 0) is 5.54 Å². The maximum Gasteiger partial charge on any atom is 0.124 e. The van der Waals surface area contributed by atoms with Crippen LogP contribution in [0.15, 0.2) is 12.1 Å². The molecule has 0 heterocycles. The monoisotopic (exact) mass is 205 g/mol. The van der Waals surface area contributed by atoms with Crippen molar-refractivity contribution >= 4 is 0 Å². The number of rotatable bonds is 2. The Hall–Kier alpha value is -1.02. The Morgan fingerprint density at radius 2 is 1.93 bits per heavy atom. The molecule has 15 heavy (non-hydrogen) atoms. The lowest BCUT2D eigenvalue weighted by Gasteiger charge is -2.40. The Balaban J connectivity index is 2.56. The van der Waals surface area contributed by atoms with E-state index in [-0.39, 0.29) is 5.54 Å². The van der Waals surface area contributed by atoms with Gasteiger partial charge in [0.05, 0.1) is 7.11 Å². The molecule has 0 unspecified atom stereocenters. The molecule has 1 aliphatic rings. The zero-order chi connectivity index (χ0) is 11.1. The van der Waals surface area contributed by atoms with Crippen molar-refractivity contribution in [3.8, 4) is 5.75 Å². The summed E-state index contributed by atoms with van der Waals surface area (Å²) in [6.07, 6.45) is 3.38. The Labute approximate surface area is 91.4 Å². The normalized spacial score (nSPS) is 18.4. The second kappa shape index (κ2) is 3.53. The maximum absolute atomic E-state index is 6.39. The highest BCUT2D eigenvalue weighted by Gasteiger charge is 2.38. The van der Waals surface area contributed by atoms with Gasteiger partial charge >= 0.3 is 0 Å². The predicted molar refractivity (Wildman–Crippen MR) is 62.2 cm³/mol. The van der Waals surface area contributed by atoms with Crippen LogP contribution in [0, 0.1) is 13.8 Å². The van der Waals surface area contributed by atoms with Crippen LogP contribution in [0.5, 0.6) is 5.75 Å². The van der Waals surface area contributed by atoms with E-state index in [0.29, 0.717) is 0 Å². The van der Waals surface area contributed by atoms with Crippen LogP contribution in [0.25, 0.3) is 0 Å². The first-order chi connectivity index (χ1) is 7.08. The van der Waals surface area contributed by atoms with Crippen LogP contribution in [0.3, 0.4) is 0 Å². The summed E-state index contributed by atoms with van der Waals surface area (Å²) in [7, 11) is 1.72. The number of ether oxygens (including phenoxy) is 1. The van der Waals surface area contributed by atoms with E-state index in [1.807, 2.05) is 6.07 Å². The van der Waals surface area contributed by atoms with E-state index in [0.717, 1.165) is 18.6 Å². The summed E-state index contributed by atoms with van der Waals surface area (Å²) in [4.78, 5) is 0. The predicted octanol–water partition coefficient (Wildman–Crippen LogP) is 2.65. The summed E-state index contributed by atoms with van der Waals surface area (Å²) < 4.78 is 5.42. The van der Waals surface area contributed by atoms with Gasteiger partial charge in [0.15, 0.2) is 0 Å². The SMILES string of the molecule is COc1ccc(C)c(C)c1C1(N)CCC1. The van der Waals surface area contributed by atoms with Crippen molar-refractivity contribution in [1.82, 2.24) is 0 Å². The van der Waals surface area contributed by atoms with Gasteiger partial charge in [0, 0.05) is 11.1 Å². The average molecular weight is 205 g/mol. The van der Waals surface area contributed by atoms with Crippen molar-refractivity contribution < 1.29 is 4.74 Å². The molecule has 82 valence electrons. The van der Waals surface area contributed by atoms with E-state index in [4.69, 9.17) is 10.5 Å². The van der Waals surface area contributed by atoms with Crippen LogP contribution in [0.1, 0.15) is 36.0 Å². The molecule has 0 atom stereocenters. The fourth-order valence-corrected chi connectivity index (χ4v) is 2.39. The molecule has 2 N–H and O–H groups in total. The van der Waals surface area contributed by atoms with Crippen LogP contribution >= 0.6 is 0 Å². The maximum atomic E-state index is 6.39. The summed E-state index contributed by atoms with van der Waals surface area (Å²) in [5.41, 5.74) is 10.1. The first-order valence-electron chi connectivity index (χ1n) is 5.52. The standard InChI is InChI=1S/C13H19NO/c1-9-5-6-11(15-3)12(10(9)2)13(14)7-4-8-13/h5-6H,4,7-8,14H2,1-3H3. The van der Waals surface area contributed by atoms with Gasteiger partial charge in [0.1, 0.15) is 5.75 Å². The summed E-state index contributed by atoms with van der Waals surface area (Å²) in [6.45, 7) is 4.26. The van der Waals surface area contributed by atoms with E-state index >= 15 is 0 Å². The van der Waals surface area contributed by atoms with Gasteiger partial charge in [0.25, 0.3) is 0 Å². The second-order valence-electron chi connectivity index (χ2n) is 4.59. The molecular formula is C13H19NO. The van der Waals surface area contributed by atoms with Gasteiger partial charge in [-0.1, -0.05) is 6.07 Å². The second-order valence-corrected chi connectivity index (χ2v) is 4.59. The van der Waals surface area contributed by atoms with E-state index in [2.05, 4.69) is 19.9 Å². The van der Waals surface area contributed by atoms with Crippen molar-refractivity contribution in [2.75, 3.05) is 7.11 Å². The third-order valence-corrected chi connectivity index (χ3v) is 3.66. The Bertz CT molecular complexity index is 380. The highest BCUT2D eigenvalue weighted by Crippen LogP contribution is 2.44. The van der Waals surface area contributed by atoms with Crippen molar-refractivity contribution in [1.29, 1.82) is 0 Å². The van der Waals surface area contributed by atoms with Gasteiger partial charge < -0.3 is 10.5 Å². The number of benzene rings is 1. The molecule has 1 saturated carbocycles. The quantitative estimate of drug-likeness (QED) is 0.805. The van der Waals surface area contributed by atoms with Gasteiger partial charge in [-0.15, -0.1) is 0 Å². The Morgan fingerprint density at radius 1 is 1.27 bits per heavy atom. The summed E-state index contributed by atoms with van der Waals surface area (Å²) in [5, 5.41) is 0. The third-order valence-electron chi connectivity index (χ3n) is 3.66. The Kier molecular flexibility index (Phi) is 2.47. The first-order valence-corrected chi connectivity index (χ1v) is 5.52. The van der Waals surface area contributed by atoms with Crippen LogP contribution in [0.4, 0.5) is 0 Å². The summed E-state index contributed by atoms with van der Waals surface area (Å²) in [6, 6.07) is 4.13. The van der Waals surface area contributed by atoms with E-state index < -0.39 is 0 Å². The molecule has 2 nitrogen and oxygen atoms in total. The summed E-state index contributed by atoms with van der Waals surface area (Å²) in [5.74, 6) is 0.945. The lowest BCUT2D eigenvalue weighted by molar-refractivity contribution is 0.242. The number of aryl methyl sites for hydroxylation is 1. The van der Waals surface area contributed by atoms with Crippen molar-refractivity contribution in [2.24, 2.45) is 5.73 Å². The number of methoxy groups -OCH3 is 1. The number of hydrogen-bond donors (Lipinski definition) is 1. The van der Waals surface area contributed by atoms with Gasteiger partial charge in [-0.25, -0.2) is 0 Å². The molecule has 2 heteroatoms. The average Bonchev–Trinajstić information content (AvgIpc) is 2.18. The van der Waals surface area contributed by atoms with E-state index in [1.165, 1.54) is 23.1 Å². The molecule has 2 rings (SSSR count). The van der Waals surface area contributed by atoms with Crippen molar-refractivity contribution in [3.63, 3.8) is 0 Å². The molecule has 1 aromatic rings. The first kappa shape index (κ1) is 10.5. The van der Waals surface area contributed by atoms with Crippen LogP contribution in [-0.4, -0.2) is 7.11 Å². The van der Waals surface area contributed by atoms with Crippen molar-refractivity contribution in [2.45, 2.75) is 38.6 Å².